The Hall–Kier alpha value is -2.62. The van der Waals surface area contributed by atoms with Crippen LogP contribution in [0.2, 0.25) is 0 Å². The Kier molecular flexibility index (Phi) is 4.00. The smallest absolute Gasteiger partial charge is 0.254 e. The number of aryl methyl sites for hydroxylation is 1. The molecule has 138 valence electrons. The normalized spacial score (nSPS) is 22.8. The molecule has 1 amide bonds. The van der Waals surface area contributed by atoms with E-state index in [0.717, 1.165) is 55.6 Å². The van der Waals surface area contributed by atoms with Gasteiger partial charge in [-0.2, -0.15) is 0 Å². The molecule has 2 atom stereocenters. The van der Waals surface area contributed by atoms with Gasteiger partial charge in [0.25, 0.3) is 5.91 Å². The molecular weight excluding hydrogens is 336 g/mol. The third-order valence-corrected chi connectivity index (χ3v) is 6.37. The Bertz CT molecular complexity index is 920. The Morgan fingerprint density at radius 1 is 1.19 bits per heavy atom. The molecular formula is C23H24N2O2. The van der Waals surface area contributed by atoms with E-state index < -0.39 is 0 Å². The van der Waals surface area contributed by atoms with E-state index in [9.17, 15) is 4.79 Å². The Morgan fingerprint density at radius 3 is 3.00 bits per heavy atom. The Labute approximate surface area is 159 Å². The molecule has 0 bridgehead atoms. The number of benzene rings is 2. The summed E-state index contributed by atoms with van der Waals surface area (Å²) < 4.78 is 5.67. The monoisotopic (exact) mass is 360 g/mol. The second kappa shape index (κ2) is 6.52. The van der Waals surface area contributed by atoms with E-state index in [-0.39, 0.29) is 11.9 Å². The molecule has 3 aliphatic rings. The predicted molar refractivity (Wildman–Crippen MR) is 106 cm³/mol. The standard InChI is InChI=1S/C23H24N2O2/c1-27-21-6-2-4-16-9-10-20-18(22(16)21)5-3-13-25(20)23(26)17-8-7-15-11-12-24-19(15)14-17/h2,4,6-8,12,14,18,20H,3,5,9-11,13H2,1H3/t18?,20-/m1/s1. The molecule has 1 unspecified atom stereocenters. The zero-order valence-electron chi connectivity index (χ0n) is 15.6. The van der Waals surface area contributed by atoms with Gasteiger partial charge < -0.3 is 9.64 Å². The molecule has 4 heteroatoms. The first-order valence-electron chi connectivity index (χ1n) is 9.88. The molecule has 4 nitrogen and oxygen atoms in total. The number of likely N-dealkylation sites (tertiary alicyclic amines) is 1. The zero-order valence-corrected chi connectivity index (χ0v) is 15.6. The van der Waals surface area contributed by atoms with Gasteiger partial charge in [0.2, 0.25) is 0 Å². The maximum absolute atomic E-state index is 13.4. The molecule has 2 aliphatic heterocycles. The molecule has 1 aliphatic carbocycles. The summed E-state index contributed by atoms with van der Waals surface area (Å²) in [5.41, 5.74) is 5.63. The minimum Gasteiger partial charge on any atom is -0.496 e. The van der Waals surface area contributed by atoms with Gasteiger partial charge in [0.1, 0.15) is 5.75 Å². The van der Waals surface area contributed by atoms with E-state index in [4.69, 9.17) is 4.74 Å². The van der Waals surface area contributed by atoms with Crippen LogP contribution in [-0.4, -0.2) is 36.7 Å². The third kappa shape index (κ3) is 2.66. The fourth-order valence-corrected chi connectivity index (χ4v) is 5.11. The van der Waals surface area contributed by atoms with Gasteiger partial charge in [-0.25, -0.2) is 0 Å². The van der Waals surface area contributed by atoms with Crippen molar-refractivity contribution >= 4 is 17.8 Å². The average molecular weight is 360 g/mol. The number of piperidine rings is 1. The molecule has 0 aromatic heterocycles. The van der Waals surface area contributed by atoms with Gasteiger partial charge in [-0.3, -0.25) is 9.79 Å². The first-order chi connectivity index (χ1) is 13.3. The summed E-state index contributed by atoms with van der Waals surface area (Å²) in [6.07, 6.45) is 6.98. The van der Waals surface area contributed by atoms with Crippen molar-refractivity contribution in [3.8, 4) is 5.75 Å². The van der Waals surface area contributed by atoms with Crippen molar-refractivity contribution in [3.63, 3.8) is 0 Å². The van der Waals surface area contributed by atoms with Crippen LogP contribution < -0.4 is 4.74 Å². The highest BCUT2D eigenvalue weighted by molar-refractivity contribution is 5.96. The average Bonchev–Trinajstić information content (AvgIpc) is 3.20. The number of hydrogen-bond acceptors (Lipinski definition) is 3. The first kappa shape index (κ1) is 16.5. The highest BCUT2D eigenvalue weighted by Crippen LogP contribution is 2.45. The number of methoxy groups -OCH3 is 1. The van der Waals surface area contributed by atoms with Crippen LogP contribution in [0.5, 0.6) is 5.75 Å². The van der Waals surface area contributed by atoms with Crippen LogP contribution in [0.25, 0.3) is 0 Å². The Balaban J connectivity index is 1.48. The molecule has 2 heterocycles. The van der Waals surface area contributed by atoms with Crippen LogP contribution in [0.4, 0.5) is 5.69 Å². The molecule has 0 radical (unpaired) electrons. The van der Waals surface area contributed by atoms with Gasteiger partial charge in [-0.1, -0.05) is 18.2 Å². The summed E-state index contributed by atoms with van der Waals surface area (Å²) in [7, 11) is 1.75. The van der Waals surface area contributed by atoms with Crippen LogP contribution in [0.15, 0.2) is 41.4 Å². The number of fused-ring (bicyclic) bond motifs is 4. The number of carbonyl (C=O) groups excluding carboxylic acids is 1. The summed E-state index contributed by atoms with van der Waals surface area (Å²) in [6, 6.07) is 12.6. The highest BCUT2D eigenvalue weighted by Gasteiger charge is 2.40. The van der Waals surface area contributed by atoms with Crippen molar-refractivity contribution in [2.45, 2.75) is 44.1 Å². The van der Waals surface area contributed by atoms with Crippen LogP contribution >= 0.6 is 0 Å². The lowest BCUT2D eigenvalue weighted by Gasteiger charge is -2.45. The molecule has 0 N–H and O–H groups in total. The van der Waals surface area contributed by atoms with Gasteiger partial charge in [-0.15, -0.1) is 0 Å². The molecule has 2 aromatic carbocycles. The minimum absolute atomic E-state index is 0.146. The van der Waals surface area contributed by atoms with E-state index >= 15 is 0 Å². The minimum atomic E-state index is 0.146. The van der Waals surface area contributed by atoms with E-state index in [1.54, 1.807) is 7.11 Å². The SMILES string of the molecule is COc1cccc2c1C1CCCN(C(=O)c3ccc4c(c3)N=CC4)[C@@H]1CC2. The maximum Gasteiger partial charge on any atom is 0.254 e. The lowest BCUT2D eigenvalue weighted by Crippen LogP contribution is -2.49. The molecule has 0 saturated carbocycles. The van der Waals surface area contributed by atoms with Crippen LogP contribution in [0.1, 0.15) is 52.2 Å². The van der Waals surface area contributed by atoms with Crippen LogP contribution in [-0.2, 0) is 12.8 Å². The van der Waals surface area contributed by atoms with E-state index in [0.29, 0.717) is 5.92 Å². The number of hydrogen-bond donors (Lipinski definition) is 0. The molecule has 1 saturated heterocycles. The lowest BCUT2D eigenvalue weighted by atomic mass is 9.73. The second-order valence-corrected chi connectivity index (χ2v) is 7.75. The van der Waals surface area contributed by atoms with Gasteiger partial charge >= 0.3 is 0 Å². The third-order valence-electron chi connectivity index (χ3n) is 6.37. The fraction of sp³-hybridized carbons (Fsp3) is 0.391. The largest absolute Gasteiger partial charge is 0.496 e. The predicted octanol–water partition coefficient (Wildman–Crippen LogP) is 4.29. The van der Waals surface area contributed by atoms with Gasteiger partial charge in [0, 0.05) is 42.3 Å². The first-order valence-corrected chi connectivity index (χ1v) is 9.88. The Morgan fingerprint density at radius 2 is 2.11 bits per heavy atom. The van der Waals surface area contributed by atoms with Crippen LogP contribution in [0.3, 0.4) is 0 Å². The number of rotatable bonds is 2. The van der Waals surface area contributed by atoms with Crippen molar-refractivity contribution in [2.75, 3.05) is 13.7 Å². The van der Waals surface area contributed by atoms with Gasteiger partial charge in [0.15, 0.2) is 0 Å². The number of aliphatic imine (C=N–C) groups is 1. The number of amides is 1. The summed E-state index contributed by atoms with van der Waals surface area (Å²) >= 11 is 0. The summed E-state index contributed by atoms with van der Waals surface area (Å²) in [5.74, 6) is 1.49. The van der Waals surface area contributed by atoms with Crippen molar-refractivity contribution in [1.82, 2.24) is 4.90 Å². The quantitative estimate of drug-likeness (QED) is 0.802. The summed E-state index contributed by atoms with van der Waals surface area (Å²) in [6.45, 7) is 0.838. The fourth-order valence-electron chi connectivity index (χ4n) is 5.11. The van der Waals surface area contributed by atoms with E-state index in [2.05, 4.69) is 34.2 Å². The topological polar surface area (TPSA) is 41.9 Å². The maximum atomic E-state index is 13.4. The summed E-state index contributed by atoms with van der Waals surface area (Å²) in [4.78, 5) is 19.9. The second-order valence-electron chi connectivity index (χ2n) is 7.75. The van der Waals surface area contributed by atoms with Crippen molar-refractivity contribution in [3.05, 3.63) is 58.7 Å². The zero-order chi connectivity index (χ0) is 18.4. The lowest BCUT2D eigenvalue weighted by molar-refractivity contribution is 0.0544. The molecule has 27 heavy (non-hydrogen) atoms. The van der Waals surface area contributed by atoms with Gasteiger partial charge in [-0.05, 0) is 55.0 Å². The van der Waals surface area contributed by atoms with Crippen molar-refractivity contribution in [2.24, 2.45) is 4.99 Å². The van der Waals surface area contributed by atoms with E-state index in [1.165, 1.54) is 16.7 Å². The number of carbonyl (C=O) groups is 1. The van der Waals surface area contributed by atoms with Crippen molar-refractivity contribution < 1.29 is 9.53 Å². The highest BCUT2D eigenvalue weighted by atomic mass is 16.5. The van der Waals surface area contributed by atoms with Gasteiger partial charge in [0.05, 0.1) is 12.8 Å². The van der Waals surface area contributed by atoms with Crippen molar-refractivity contribution in [1.29, 1.82) is 0 Å². The number of ether oxygens (including phenoxy) is 1. The molecule has 1 fully saturated rings. The molecule has 2 aromatic rings. The number of nitrogens with zero attached hydrogens (tertiary/aromatic N) is 2. The van der Waals surface area contributed by atoms with Crippen LogP contribution in [0, 0.1) is 0 Å². The molecule has 5 rings (SSSR count). The summed E-state index contributed by atoms with van der Waals surface area (Å²) in [5, 5.41) is 0. The van der Waals surface area contributed by atoms with E-state index in [1.807, 2.05) is 18.3 Å². The molecule has 0 spiro atoms.